The Kier molecular flexibility index (Phi) is 28.4. The summed E-state index contributed by atoms with van der Waals surface area (Å²) in [6, 6.07) is 0. The minimum Gasteiger partial charge on any atom is -0.462 e. The van der Waals surface area contributed by atoms with Gasteiger partial charge in [-0.25, -0.2) is 4.57 Å². The molecule has 0 rings (SSSR count). The van der Waals surface area contributed by atoms with Crippen LogP contribution in [0.3, 0.4) is 0 Å². The maximum absolute atomic E-state index is 12.4. The van der Waals surface area contributed by atoms with Crippen molar-refractivity contribution in [2.45, 2.75) is 161 Å². The molecule has 0 saturated heterocycles. The van der Waals surface area contributed by atoms with Crippen molar-refractivity contribution in [2.75, 3.05) is 26.4 Å². The largest absolute Gasteiger partial charge is 0.472 e. The number of rotatable bonds is 31. The lowest BCUT2D eigenvalue weighted by atomic mass is 10.0. The number of ether oxygens (including phenoxy) is 2. The zero-order chi connectivity index (χ0) is 30.4. The van der Waals surface area contributed by atoms with Gasteiger partial charge >= 0.3 is 19.8 Å². The highest BCUT2D eigenvalue weighted by Gasteiger charge is 2.25. The van der Waals surface area contributed by atoms with E-state index < -0.39 is 26.5 Å². The number of carbonyl (C=O) groups is 2. The summed E-state index contributed by atoms with van der Waals surface area (Å²) in [5.74, 6) is -0.829. The average Bonchev–Trinajstić information content (AvgIpc) is 2.95. The second-order valence-corrected chi connectivity index (χ2v) is 12.5. The molecule has 244 valence electrons. The molecule has 0 aliphatic heterocycles. The van der Waals surface area contributed by atoms with Crippen LogP contribution in [0.5, 0.6) is 0 Å². The van der Waals surface area contributed by atoms with E-state index in [9.17, 15) is 19.0 Å². The van der Waals surface area contributed by atoms with Gasteiger partial charge < -0.3 is 20.1 Å². The van der Waals surface area contributed by atoms with E-state index in [1.807, 2.05) is 0 Å². The standard InChI is InChI=1S/C31H62NO8P/c1-3-5-7-9-11-13-14-15-16-18-19-21-23-30(33)37-27-29(28-39-41(35,36)38-26-25-32)40-31(34)24-22-20-17-12-10-8-6-4-2/h29H,3-28,32H2,1-2H3,(H,35,36)/t29-/m1/s1. The molecule has 10 heteroatoms. The normalized spacial score (nSPS) is 13.6. The van der Waals surface area contributed by atoms with Crippen LogP contribution in [0.2, 0.25) is 0 Å². The fourth-order valence-electron chi connectivity index (χ4n) is 4.52. The van der Waals surface area contributed by atoms with E-state index in [0.29, 0.717) is 6.42 Å². The number of phosphoric ester groups is 1. The second-order valence-electron chi connectivity index (χ2n) is 11.0. The molecule has 0 bridgehead atoms. The molecule has 9 nitrogen and oxygen atoms in total. The zero-order valence-corrected chi connectivity index (χ0v) is 27.2. The van der Waals surface area contributed by atoms with Crippen molar-refractivity contribution in [3.05, 3.63) is 0 Å². The van der Waals surface area contributed by atoms with Crippen LogP contribution in [0, 0.1) is 0 Å². The monoisotopic (exact) mass is 607 g/mol. The van der Waals surface area contributed by atoms with Crippen molar-refractivity contribution >= 4 is 19.8 Å². The van der Waals surface area contributed by atoms with Gasteiger partial charge in [0.05, 0.1) is 13.2 Å². The summed E-state index contributed by atoms with van der Waals surface area (Å²) in [6.45, 7) is 3.68. The van der Waals surface area contributed by atoms with Crippen LogP contribution in [-0.4, -0.2) is 49.3 Å². The minimum absolute atomic E-state index is 0.0572. The van der Waals surface area contributed by atoms with Crippen LogP contribution in [0.1, 0.15) is 155 Å². The van der Waals surface area contributed by atoms with Crippen molar-refractivity contribution in [1.82, 2.24) is 0 Å². The molecule has 0 aliphatic rings. The number of nitrogens with two attached hydrogens (primary N) is 1. The summed E-state index contributed by atoms with van der Waals surface area (Å²) in [6.07, 6.45) is 22.9. The van der Waals surface area contributed by atoms with Gasteiger partial charge in [-0.2, -0.15) is 0 Å². The average molecular weight is 608 g/mol. The molecule has 1 unspecified atom stereocenters. The highest BCUT2D eigenvalue weighted by molar-refractivity contribution is 7.47. The number of hydrogen-bond donors (Lipinski definition) is 2. The summed E-state index contributed by atoms with van der Waals surface area (Å²) >= 11 is 0. The Morgan fingerprint density at radius 3 is 1.49 bits per heavy atom. The van der Waals surface area contributed by atoms with Crippen molar-refractivity contribution in [3.8, 4) is 0 Å². The van der Waals surface area contributed by atoms with Crippen LogP contribution >= 0.6 is 7.82 Å². The Morgan fingerprint density at radius 1 is 0.634 bits per heavy atom. The first-order valence-electron chi connectivity index (χ1n) is 16.5. The van der Waals surface area contributed by atoms with Gasteiger partial charge in [0, 0.05) is 19.4 Å². The van der Waals surface area contributed by atoms with E-state index in [2.05, 4.69) is 13.8 Å². The molecule has 41 heavy (non-hydrogen) atoms. The van der Waals surface area contributed by atoms with E-state index in [-0.39, 0.29) is 38.6 Å². The molecule has 0 aromatic rings. The van der Waals surface area contributed by atoms with Crippen molar-refractivity contribution in [1.29, 1.82) is 0 Å². The van der Waals surface area contributed by atoms with E-state index in [1.165, 1.54) is 83.5 Å². The lowest BCUT2D eigenvalue weighted by Crippen LogP contribution is -2.29. The van der Waals surface area contributed by atoms with Gasteiger partial charge in [0.2, 0.25) is 0 Å². The molecule has 0 saturated carbocycles. The maximum Gasteiger partial charge on any atom is 0.472 e. The first kappa shape index (κ1) is 40.0. The predicted molar refractivity (Wildman–Crippen MR) is 165 cm³/mol. The molecule has 2 atom stereocenters. The highest BCUT2D eigenvalue weighted by atomic mass is 31.2. The predicted octanol–water partition coefficient (Wildman–Crippen LogP) is 8.16. The van der Waals surface area contributed by atoms with E-state index >= 15 is 0 Å². The molecular weight excluding hydrogens is 545 g/mol. The summed E-state index contributed by atoms with van der Waals surface area (Å²) in [4.78, 5) is 34.4. The molecule has 0 aliphatic carbocycles. The van der Waals surface area contributed by atoms with Crippen molar-refractivity contribution < 1.29 is 37.6 Å². The zero-order valence-electron chi connectivity index (χ0n) is 26.3. The van der Waals surface area contributed by atoms with Gasteiger partial charge in [-0.15, -0.1) is 0 Å². The Balaban J connectivity index is 4.25. The number of carbonyl (C=O) groups excluding carboxylic acids is 2. The molecule has 0 fully saturated rings. The smallest absolute Gasteiger partial charge is 0.462 e. The van der Waals surface area contributed by atoms with E-state index in [1.54, 1.807) is 0 Å². The third-order valence-electron chi connectivity index (χ3n) is 6.99. The quantitative estimate of drug-likeness (QED) is 0.0454. The molecule has 0 radical (unpaired) electrons. The topological polar surface area (TPSA) is 134 Å². The molecule has 0 amide bonds. The summed E-state index contributed by atoms with van der Waals surface area (Å²) in [5, 5.41) is 0. The lowest BCUT2D eigenvalue weighted by molar-refractivity contribution is -0.161. The van der Waals surface area contributed by atoms with Gasteiger partial charge in [-0.1, -0.05) is 129 Å². The first-order chi connectivity index (χ1) is 19.8. The van der Waals surface area contributed by atoms with Gasteiger partial charge in [0.15, 0.2) is 6.10 Å². The van der Waals surface area contributed by atoms with Gasteiger partial charge in [-0.3, -0.25) is 18.6 Å². The Hall–Kier alpha value is -0.990. The Morgan fingerprint density at radius 2 is 1.05 bits per heavy atom. The van der Waals surface area contributed by atoms with E-state index in [0.717, 1.165) is 38.5 Å². The molecular formula is C31H62NO8P. The first-order valence-corrected chi connectivity index (χ1v) is 18.0. The number of esters is 2. The lowest BCUT2D eigenvalue weighted by Gasteiger charge is -2.19. The number of hydrogen-bond acceptors (Lipinski definition) is 8. The summed E-state index contributed by atoms with van der Waals surface area (Å²) < 4.78 is 32.4. The third-order valence-corrected chi connectivity index (χ3v) is 7.98. The maximum atomic E-state index is 12.4. The fraction of sp³-hybridized carbons (Fsp3) is 0.935. The van der Waals surface area contributed by atoms with Gasteiger partial charge in [0.1, 0.15) is 6.61 Å². The summed E-state index contributed by atoms with van der Waals surface area (Å²) in [7, 11) is -4.35. The highest BCUT2D eigenvalue weighted by Crippen LogP contribution is 2.43. The molecule has 3 N–H and O–H groups in total. The molecule has 0 aromatic heterocycles. The third kappa shape index (κ3) is 28.9. The molecule has 0 spiro atoms. The summed E-state index contributed by atoms with van der Waals surface area (Å²) in [5.41, 5.74) is 5.30. The number of phosphoric acid groups is 1. The fourth-order valence-corrected chi connectivity index (χ4v) is 5.28. The molecule has 0 aromatic carbocycles. The van der Waals surface area contributed by atoms with Gasteiger partial charge in [-0.05, 0) is 12.8 Å². The van der Waals surface area contributed by atoms with Crippen LogP contribution in [0.25, 0.3) is 0 Å². The second kappa shape index (κ2) is 29.1. The van der Waals surface area contributed by atoms with Crippen LogP contribution in [0.15, 0.2) is 0 Å². The van der Waals surface area contributed by atoms with Gasteiger partial charge in [0.25, 0.3) is 0 Å². The van der Waals surface area contributed by atoms with Crippen LogP contribution in [0.4, 0.5) is 0 Å². The SMILES string of the molecule is CCCCCCCCCCCCCCC(=O)OC[C@H](COP(=O)(O)OCCN)OC(=O)CCCCCCCCCC. The molecule has 0 heterocycles. The van der Waals surface area contributed by atoms with Crippen molar-refractivity contribution in [2.24, 2.45) is 5.73 Å². The van der Waals surface area contributed by atoms with Crippen LogP contribution in [-0.2, 0) is 32.7 Å². The Bertz CT molecular complexity index is 664. The van der Waals surface area contributed by atoms with E-state index in [4.69, 9.17) is 24.3 Å². The van der Waals surface area contributed by atoms with Crippen molar-refractivity contribution in [3.63, 3.8) is 0 Å². The Labute approximate surface area is 250 Å². The van der Waals surface area contributed by atoms with Crippen LogP contribution < -0.4 is 5.73 Å². The minimum atomic E-state index is -4.35. The number of unbranched alkanes of at least 4 members (excludes halogenated alkanes) is 18.